The molecule has 1 unspecified atom stereocenters. The van der Waals surface area contributed by atoms with E-state index in [-0.39, 0.29) is 41.6 Å². The van der Waals surface area contributed by atoms with Gasteiger partial charge in [0.05, 0.1) is 12.2 Å². The second kappa shape index (κ2) is 12.2. The number of thiazole rings is 1. The molecule has 160 valence electrons. The summed E-state index contributed by atoms with van der Waals surface area (Å²) in [7, 11) is 1.73. The van der Waals surface area contributed by atoms with Crippen LogP contribution in [0.5, 0.6) is 5.75 Å². The lowest BCUT2D eigenvalue weighted by Gasteiger charge is -2.18. The summed E-state index contributed by atoms with van der Waals surface area (Å²) in [5, 5.41) is 9.77. The van der Waals surface area contributed by atoms with E-state index in [1.54, 1.807) is 36.6 Å². The van der Waals surface area contributed by atoms with Gasteiger partial charge in [-0.2, -0.15) is 0 Å². The van der Waals surface area contributed by atoms with Gasteiger partial charge in [-0.25, -0.2) is 9.37 Å². The van der Waals surface area contributed by atoms with Gasteiger partial charge in [0.2, 0.25) is 0 Å². The minimum Gasteiger partial charge on any atom is -0.486 e. The summed E-state index contributed by atoms with van der Waals surface area (Å²) < 4.78 is 19.3. The number of nitrogens with zero attached hydrogens (tertiary/aromatic N) is 3. The number of anilines is 1. The lowest BCUT2D eigenvalue weighted by Crippen LogP contribution is -2.42. The lowest BCUT2D eigenvalue weighted by atomic mass is 10.3. The summed E-state index contributed by atoms with van der Waals surface area (Å²) in [6.07, 6.45) is 3.17. The third-order valence-corrected chi connectivity index (χ3v) is 5.49. The smallest absolute Gasteiger partial charge is 0.191 e. The molecular formula is C20H29FIN5OS. The molecule has 1 aliphatic rings. The van der Waals surface area contributed by atoms with Crippen LogP contribution in [0.4, 0.5) is 9.52 Å². The highest BCUT2D eigenvalue weighted by Crippen LogP contribution is 2.24. The number of hydrogen-bond donors (Lipinski definition) is 2. The van der Waals surface area contributed by atoms with Gasteiger partial charge < -0.3 is 20.3 Å². The molecule has 3 rings (SSSR count). The van der Waals surface area contributed by atoms with Gasteiger partial charge in [-0.1, -0.05) is 12.1 Å². The average molecular weight is 533 g/mol. The van der Waals surface area contributed by atoms with Gasteiger partial charge in [-0.05, 0) is 31.9 Å². The van der Waals surface area contributed by atoms with Crippen molar-refractivity contribution in [2.45, 2.75) is 32.3 Å². The predicted molar refractivity (Wildman–Crippen MR) is 129 cm³/mol. The molecule has 0 spiro atoms. The highest BCUT2D eigenvalue weighted by molar-refractivity contribution is 14.0. The molecule has 0 bridgehead atoms. The minimum absolute atomic E-state index is 0. The number of aliphatic imine (C=N–C) groups is 1. The summed E-state index contributed by atoms with van der Waals surface area (Å²) in [4.78, 5) is 11.3. The molecular weight excluding hydrogens is 504 g/mol. The van der Waals surface area contributed by atoms with Crippen molar-refractivity contribution in [3.63, 3.8) is 0 Å². The average Bonchev–Trinajstić information content (AvgIpc) is 3.38. The van der Waals surface area contributed by atoms with Crippen LogP contribution in [0.15, 0.2) is 34.6 Å². The van der Waals surface area contributed by atoms with E-state index < -0.39 is 0 Å². The van der Waals surface area contributed by atoms with E-state index in [9.17, 15) is 4.39 Å². The van der Waals surface area contributed by atoms with Gasteiger partial charge in [0.1, 0.15) is 6.10 Å². The van der Waals surface area contributed by atoms with Crippen LogP contribution in [0, 0.1) is 5.82 Å². The zero-order valence-corrected chi connectivity index (χ0v) is 20.0. The van der Waals surface area contributed by atoms with Crippen LogP contribution in [-0.2, 0) is 6.42 Å². The van der Waals surface area contributed by atoms with Crippen LogP contribution in [-0.4, -0.2) is 50.3 Å². The van der Waals surface area contributed by atoms with E-state index in [1.165, 1.54) is 18.9 Å². The molecule has 1 atom stereocenters. The van der Waals surface area contributed by atoms with Crippen LogP contribution in [0.2, 0.25) is 0 Å². The Labute approximate surface area is 193 Å². The van der Waals surface area contributed by atoms with Crippen LogP contribution in [0.3, 0.4) is 0 Å². The van der Waals surface area contributed by atoms with Gasteiger partial charge in [0, 0.05) is 38.5 Å². The number of nitrogens with one attached hydrogen (secondary N) is 2. The number of rotatable bonds is 8. The van der Waals surface area contributed by atoms with Crippen molar-refractivity contribution in [3.8, 4) is 5.75 Å². The number of hydrogen-bond acceptors (Lipinski definition) is 5. The molecule has 6 nitrogen and oxygen atoms in total. The largest absolute Gasteiger partial charge is 0.486 e. The maximum absolute atomic E-state index is 13.7. The molecule has 29 heavy (non-hydrogen) atoms. The van der Waals surface area contributed by atoms with E-state index in [4.69, 9.17) is 9.72 Å². The molecule has 0 aliphatic carbocycles. The maximum atomic E-state index is 13.7. The molecule has 1 aliphatic heterocycles. The Morgan fingerprint density at radius 2 is 2.07 bits per heavy atom. The molecule has 0 radical (unpaired) electrons. The van der Waals surface area contributed by atoms with Crippen molar-refractivity contribution in [2.75, 3.05) is 38.1 Å². The lowest BCUT2D eigenvalue weighted by molar-refractivity contribution is 0.214. The van der Waals surface area contributed by atoms with Crippen LogP contribution in [0.25, 0.3) is 0 Å². The Kier molecular flexibility index (Phi) is 9.92. The molecule has 1 aromatic heterocycles. The zero-order chi connectivity index (χ0) is 19.8. The predicted octanol–water partition coefficient (Wildman–Crippen LogP) is 3.68. The summed E-state index contributed by atoms with van der Waals surface area (Å²) in [5.41, 5.74) is 1.10. The molecule has 0 saturated carbocycles. The first kappa shape index (κ1) is 23.7. The highest BCUT2D eigenvalue weighted by Gasteiger charge is 2.15. The van der Waals surface area contributed by atoms with E-state index in [1.807, 2.05) is 6.92 Å². The number of guanidine groups is 1. The van der Waals surface area contributed by atoms with E-state index in [0.29, 0.717) is 12.5 Å². The molecule has 1 saturated heterocycles. The first-order valence-electron chi connectivity index (χ1n) is 9.71. The van der Waals surface area contributed by atoms with Gasteiger partial charge >= 0.3 is 0 Å². The molecule has 9 heteroatoms. The third-order valence-electron chi connectivity index (χ3n) is 4.54. The van der Waals surface area contributed by atoms with Crippen molar-refractivity contribution in [2.24, 2.45) is 4.99 Å². The van der Waals surface area contributed by atoms with E-state index in [0.717, 1.165) is 36.9 Å². The fourth-order valence-corrected chi connectivity index (χ4v) is 3.95. The first-order chi connectivity index (χ1) is 13.7. The molecule has 2 N–H and O–H groups in total. The Morgan fingerprint density at radius 3 is 2.79 bits per heavy atom. The monoisotopic (exact) mass is 533 g/mol. The Bertz CT molecular complexity index is 782. The summed E-state index contributed by atoms with van der Waals surface area (Å²) >= 11 is 1.72. The SMILES string of the molecule is CN=C(NCCc1csc(N2CCCC2)n1)NCC(C)Oc1ccccc1F.I. The molecule has 1 fully saturated rings. The van der Waals surface area contributed by atoms with Crippen LogP contribution >= 0.6 is 35.3 Å². The Balaban J connectivity index is 0.00000300. The van der Waals surface area contributed by atoms with Gasteiger partial charge in [-0.3, -0.25) is 4.99 Å². The van der Waals surface area contributed by atoms with E-state index >= 15 is 0 Å². The topological polar surface area (TPSA) is 61.8 Å². The molecule has 1 aromatic carbocycles. The highest BCUT2D eigenvalue weighted by atomic mass is 127. The van der Waals surface area contributed by atoms with Crippen molar-refractivity contribution in [3.05, 3.63) is 41.2 Å². The second-order valence-electron chi connectivity index (χ2n) is 6.80. The number of para-hydroxylation sites is 1. The normalized spacial score (nSPS) is 15.0. The van der Waals surface area contributed by atoms with E-state index in [2.05, 4.69) is 25.9 Å². The number of ether oxygens (including phenoxy) is 1. The molecule has 2 aromatic rings. The number of benzene rings is 1. The Hall–Kier alpha value is -1.62. The van der Waals surface area contributed by atoms with Crippen molar-refractivity contribution >= 4 is 46.4 Å². The van der Waals surface area contributed by atoms with Crippen molar-refractivity contribution in [1.82, 2.24) is 15.6 Å². The van der Waals surface area contributed by atoms with Crippen molar-refractivity contribution < 1.29 is 9.13 Å². The van der Waals surface area contributed by atoms with Gasteiger partial charge in [-0.15, -0.1) is 35.3 Å². The fraction of sp³-hybridized carbons (Fsp3) is 0.500. The minimum atomic E-state index is -0.353. The molecule has 0 amide bonds. The second-order valence-corrected chi connectivity index (χ2v) is 7.64. The van der Waals surface area contributed by atoms with Gasteiger partial charge in [0.15, 0.2) is 22.7 Å². The standard InChI is InChI=1S/C20H28FN5OS.HI/c1-15(27-18-8-4-3-7-17(18)21)13-24-19(22-2)23-10-9-16-14-28-20(25-16)26-11-5-6-12-26;/h3-4,7-8,14-15H,5-6,9-13H2,1-2H3,(H2,22,23,24);1H. The molecule has 2 heterocycles. The zero-order valence-electron chi connectivity index (χ0n) is 16.9. The quantitative estimate of drug-likeness (QED) is 0.308. The number of halogens is 2. The van der Waals surface area contributed by atoms with Crippen LogP contribution < -0.4 is 20.3 Å². The van der Waals surface area contributed by atoms with Crippen molar-refractivity contribution in [1.29, 1.82) is 0 Å². The van der Waals surface area contributed by atoms with Crippen LogP contribution in [0.1, 0.15) is 25.5 Å². The van der Waals surface area contributed by atoms with Gasteiger partial charge in [0.25, 0.3) is 0 Å². The fourth-order valence-electron chi connectivity index (χ4n) is 3.03. The third kappa shape index (κ3) is 7.29. The summed E-state index contributed by atoms with van der Waals surface area (Å²) in [6.45, 7) is 5.39. The maximum Gasteiger partial charge on any atom is 0.191 e. The first-order valence-corrected chi connectivity index (χ1v) is 10.6. The number of aromatic nitrogens is 1. The Morgan fingerprint density at radius 1 is 1.31 bits per heavy atom. The summed E-state index contributed by atoms with van der Waals surface area (Å²) in [5.74, 6) is 0.601. The summed E-state index contributed by atoms with van der Waals surface area (Å²) in [6, 6.07) is 6.42.